The summed E-state index contributed by atoms with van der Waals surface area (Å²) in [5.74, 6) is 0.475. The second kappa shape index (κ2) is 8.10. The molecule has 0 N–H and O–H groups in total. The number of nitrogens with zero attached hydrogens (tertiary/aromatic N) is 1. The van der Waals surface area contributed by atoms with E-state index in [9.17, 15) is 13.2 Å². The maximum Gasteiger partial charge on any atom is 0.254 e. The van der Waals surface area contributed by atoms with E-state index in [0.717, 1.165) is 0 Å². The Labute approximate surface area is 153 Å². The molecule has 1 unspecified atom stereocenters. The van der Waals surface area contributed by atoms with E-state index in [2.05, 4.69) is 6.58 Å². The Balaban J connectivity index is 2.36. The number of hydrogen-bond acceptors (Lipinski definition) is 5. The molecule has 6 nitrogen and oxygen atoms in total. The average Bonchev–Trinajstić information content (AvgIpc) is 2.93. The highest BCUT2D eigenvalue weighted by atomic mass is 35.5. The summed E-state index contributed by atoms with van der Waals surface area (Å²) < 4.78 is 34.2. The van der Waals surface area contributed by atoms with Gasteiger partial charge in [-0.25, -0.2) is 8.42 Å². The lowest BCUT2D eigenvalue weighted by Crippen LogP contribution is -2.41. The molecule has 1 saturated heterocycles. The smallest absolute Gasteiger partial charge is 0.254 e. The summed E-state index contributed by atoms with van der Waals surface area (Å²) in [4.78, 5) is 14.5. The summed E-state index contributed by atoms with van der Waals surface area (Å²) >= 11 is 6.23. The molecule has 138 valence electrons. The number of ether oxygens (including phenoxy) is 2. The quantitative estimate of drug-likeness (QED) is 0.672. The van der Waals surface area contributed by atoms with Crippen LogP contribution < -0.4 is 9.47 Å². The maximum atomic E-state index is 13.0. The molecular formula is C17H22ClNO5S. The standard InChI is InChI=1S/C17H22ClNO5S/c1-4-7-19(13-6-8-25(21,22)11-13)17(20)12-9-14(18)16(24-5-2)15(10-12)23-3/h4,9-10,13H,1,5-8,11H2,2-3H3. The summed E-state index contributed by atoms with van der Waals surface area (Å²) in [5.41, 5.74) is 0.316. The van der Waals surface area contributed by atoms with Gasteiger partial charge in [0, 0.05) is 18.2 Å². The van der Waals surface area contributed by atoms with Gasteiger partial charge in [-0.3, -0.25) is 4.79 Å². The van der Waals surface area contributed by atoms with Crippen molar-refractivity contribution in [3.05, 3.63) is 35.4 Å². The second-order valence-corrected chi connectivity index (χ2v) is 8.36. The van der Waals surface area contributed by atoms with Gasteiger partial charge in [-0.1, -0.05) is 17.7 Å². The molecule has 0 radical (unpaired) electrons. The van der Waals surface area contributed by atoms with Gasteiger partial charge in [0.15, 0.2) is 21.3 Å². The summed E-state index contributed by atoms with van der Waals surface area (Å²) in [6.07, 6.45) is 2.00. The van der Waals surface area contributed by atoms with Crippen LogP contribution in [0.3, 0.4) is 0 Å². The predicted octanol–water partition coefficient (Wildman–Crippen LogP) is 2.56. The lowest BCUT2D eigenvalue weighted by Gasteiger charge is -2.27. The molecule has 0 bridgehead atoms. The lowest BCUT2D eigenvalue weighted by molar-refractivity contribution is 0.0720. The third-order valence-electron chi connectivity index (χ3n) is 4.00. The zero-order chi connectivity index (χ0) is 18.6. The van der Waals surface area contributed by atoms with Gasteiger partial charge in [-0.2, -0.15) is 0 Å². The van der Waals surface area contributed by atoms with Gasteiger partial charge in [0.05, 0.1) is 30.2 Å². The van der Waals surface area contributed by atoms with Crippen molar-refractivity contribution in [1.82, 2.24) is 4.90 Å². The number of carbonyl (C=O) groups is 1. The Kier molecular flexibility index (Phi) is 6.35. The number of halogens is 1. The van der Waals surface area contributed by atoms with Gasteiger partial charge in [0.2, 0.25) is 0 Å². The highest BCUT2D eigenvalue weighted by molar-refractivity contribution is 7.91. The first-order chi connectivity index (χ1) is 11.8. The van der Waals surface area contributed by atoms with Crippen LogP contribution in [0.2, 0.25) is 5.02 Å². The van der Waals surface area contributed by atoms with Gasteiger partial charge in [-0.05, 0) is 25.5 Å². The van der Waals surface area contributed by atoms with Crippen LogP contribution >= 0.6 is 11.6 Å². The Morgan fingerprint density at radius 2 is 2.20 bits per heavy atom. The highest BCUT2D eigenvalue weighted by Crippen LogP contribution is 2.37. The number of sulfone groups is 1. The van der Waals surface area contributed by atoms with Crippen molar-refractivity contribution >= 4 is 27.3 Å². The molecule has 2 rings (SSSR count). The first-order valence-corrected chi connectivity index (χ1v) is 10.2. The minimum atomic E-state index is -3.11. The van der Waals surface area contributed by atoms with Crippen molar-refractivity contribution in [3.8, 4) is 11.5 Å². The van der Waals surface area contributed by atoms with E-state index in [1.165, 1.54) is 18.1 Å². The molecule has 1 aromatic rings. The van der Waals surface area contributed by atoms with E-state index >= 15 is 0 Å². The molecule has 1 aromatic carbocycles. The monoisotopic (exact) mass is 387 g/mol. The van der Waals surface area contributed by atoms with Crippen LogP contribution in [0, 0.1) is 0 Å². The van der Waals surface area contributed by atoms with Crippen LogP contribution in [0.4, 0.5) is 0 Å². The third kappa shape index (κ3) is 4.46. The van der Waals surface area contributed by atoms with Crippen LogP contribution in [0.1, 0.15) is 23.7 Å². The molecule has 1 atom stereocenters. The third-order valence-corrected chi connectivity index (χ3v) is 6.03. The Bertz CT molecular complexity index is 763. The zero-order valence-electron chi connectivity index (χ0n) is 14.3. The predicted molar refractivity (Wildman–Crippen MR) is 97.5 cm³/mol. The Morgan fingerprint density at radius 3 is 2.72 bits per heavy atom. The first-order valence-electron chi connectivity index (χ1n) is 7.95. The number of amides is 1. The van der Waals surface area contributed by atoms with Gasteiger partial charge >= 0.3 is 0 Å². The normalized spacial score (nSPS) is 18.6. The molecule has 0 saturated carbocycles. The van der Waals surface area contributed by atoms with Crippen LogP contribution in [-0.2, 0) is 9.84 Å². The summed E-state index contributed by atoms with van der Waals surface area (Å²) in [6.45, 7) is 6.15. The fourth-order valence-electron chi connectivity index (χ4n) is 2.85. The molecule has 25 heavy (non-hydrogen) atoms. The first kappa shape index (κ1) is 19.6. The molecule has 0 spiro atoms. The van der Waals surface area contributed by atoms with E-state index in [0.29, 0.717) is 30.1 Å². The van der Waals surface area contributed by atoms with Crippen LogP contribution in [-0.4, -0.2) is 57.0 Å². The number of methoxy groups -OCH3 is 1. The van der Waals surface area contributed by atoms with Crippen molar-refractivity contribution in [2.45, 2.75) is 19.4 Å². The van der Waals surface area contributed by atoms with Gasteiger partial charge in [-0.15, -0.1) is 6.58 Å². The number of benzene rings is 1. The molecular weight excluding hydrogens is 366 g/mol. The van der Waals surface area contributed by atoms with Crippen LogP contribution in [0.5, 0.6) is 11.5 Å². The summed E-state index contributed by atoms with van der Waals surface area (Å²) in [5, 5.41) is 0.266. The fraction of sp³-hybridized carbons (Fsp3) is 0.471. The van der Waals surface area contributed by atoms with E-state index in [1.54, 1.807) is 12.1 Å². The van der Waals surface area contributed by atoms with E-state index in [4.69, 9.17) is 21.1 Å². The Morgan fingerprint density at radius 1 is 1.48 bits per heavy atom. The van der Waals surface area contributed by atoms with Crippen LogP contribution in [0.15, 0.2) is 24.8 Å². The maximum absolute atomic E-state index is 13.0. The minimum Gasteiger partial charge on any atom is -0.493 e. The molecule has 1 fully saturated rings. The second-order valence-electron chi connectivity index (χ2n) is 5.73. The van der Waals surface area contributed by atoms with Crippen molar-refractivity contribution in [2.24, 2.45) is 0 Å². The molecule has 1 aliphatic heterocycles. The fourth-order valence-corrected chi connectivity index (χ4v) is 4.85. The number of hydrogen-bond donors (Lipinski definition) is 0. The van der Waals surface area contributed by atoms with Gasteiger partial charge < -0.3 is 14.4 Å². The average molecular weight is 388 g/mol. The molecule has 0 aliphatic carbocycles. The number of rotatable bonds is 7. The SMILES string of the molecule is C=CCN(C(=O)c1cc(Cl)c(OCC)c(OC)c1)C1CCS(=O)(=O)C1. The zero-order valence-corrected chi connectivity index (χ0v) is 15.9. The molecule has 1 aliphatic rings. The van der Waals surface area contributed by atoms with Crippen molar-refractivity contribution in [3.63, 3.8) is 0 Å². The van der Waals surface area contributed by atoms with Crippen LogP contribution in [0.25, 0.3) is 0 Å². The number of carbonyl (C=O) groups excluding carboxylic acids is 1. The Hall–Kier alpha value is -1.73. The largest absolute Gasteiger partial charge is 0.493 e. The van der Waals surface area contributed by atoms with Crippen molar-refractivity contribution < 1.29 is 22.7 Å². The molecule has 1 amide bonds. The van der Waals surface area contributed by atoms with Gasteiger partial charge in [0.1, 0.15) is 0 Å². The van der Waals surface area contributed by atoms with E-state index < -0.39 is 9.84 Å². The van der Waals surface area contributed by atoms with Crippen molar-refractivity contribution in [1.29, 1.82) is 0 Å². The lowest BCUT2D eigenvalue weighted by atomic mass is 10.1. The highest BCUT2D eigenvalue weighted by Gasteiger charge is 2.34. The topological polar surface area (TPSA) is 72.9 Å². The molecule has 1 heterocycles. The van der Waals surface area contributed by atoms with Crippen molar-refractivity contribution in [2.75, 3.05) is 31.8 Å². The van der Waals surface area contributed by atoms with E-state index in [-0.39, 0.29) is 35.0 Å². The van der Waals surface area contributed by atoms with Gasteiger partial charge in [0.25, 0.3) is 5.91 Å². The summed E-state index contributed by atoms with van der Waals surface area (Å²) in [6, 6.07) is 2.70. The van der Waals surface area contributed by atoms with E-state index in [1.807, 2.05) is 6.92 Å². The minimum absolute atomic E-state index is 0.0333. The summed E-state index contributed by atoms with van der Waals surface area (Å²) in [7, 11) is -1.64. The molecule has 8 heteroatoms. The molecule has 0 aromatic heterocycles.